The van der Waals surface area contributed by atoms with Gasteiger partial charge in [0.15, 0.2) is 6.10 Å². The average Bonchev–Trinajstić information content (AvgIpc) is 3.11. The number of carbonyl (C=O) groups excluding carboxylic acids is 3. The van der Waals surface area contributed by atoms with Gasteiger partial charge in [0, 0.05) is 13.5 Å². The topological polar surface area (TPSA) is 154 Å². The summed E-state index contributed by atoms with van der Waals surface area (Å²) in [5, 5.41) is 36.1. The minimum atomic E-state index is -1.73. The summed E-state index contributed by atoms with van der Waals surface area (Å²) in [7, 11) is 1.19. The van der Waals surface area contributed by atoms with E-state index in [1.807, 2.05) is 13.8 Å². The highest BCUT2D eigenvalue weighted by Crippen LogP contribution is 2.16. The first kappa shape index (κ1) is 37.0. The summed E-state index contributed by atoms with van der Waals surface area (Å²) in [5.41, 5.74) is 0. The second-order valence-electron chi connectivity index (χ2n) is 11.5. The number of hydrogen-bond donors (Lipinski definition) is 5. The molecule has 3 unspecified atom stereocenters. The summed E-state index contributed by atoms with van der Waals surface area (Å²) >= 11 is 0. The summed E-state index contributed by atoms with van der Waals surface area (Å²) < 4.78 is 10.7. The third-order valence-corrected chi connectivity index (χ3v) is 7.41. The van der Waals surface area contributed by atoms with Crippen molar-refractivity contribution in [3.63, 3.8) is 0 Å². The lowest BCUT2D eigenvalue weighted by Gasteiger charge is -2.28. The number of amides is 2. The number of unbranched alkanes of at least 4 members (excludes halogenated alkanes) is 10. The lowest BCUT2D eigenvalue weighted by atomic mass is 10.00. The number of hydrogen-bond acceptors (Lipinski definition) is 8. The van der Waals surface area contributed by atoms with E-state index in [2.05, 4.69) is 17.6 Å². The van der Waals surface area contributed by atoms with Gasteiger partial charge in [0.1, 0.15) is 30.5 Å². The van der Waals surface area contributed by atoms with Gasteiger partial charge in [-0.25, -0.2) is 0 Å². The summed E-state index contributed by atoms with van der Waals surface area (Å²) in [4.78, 5) is 37.7. The van der Waals surface area contributed by atoms with Crippen LogP contribution in [0.15, 0.2) is 12.2 Å². The number of rotatable bonds is 21. The van der Waals surface area contributed by atoms with Gasteiger partial charge in [-0.15, -0.1) is 0 Å². The fourth-order valence-electron chi connectivity index (χ4n) is 4.83. The minimum absolute atomic E-state index is 0.122. The Kier molecular flexibility index (Phi) is 19.6. The standard InChI is InChI=1S/C31H56N2O8/c1-5-6-7-8-9-10-11-12-13-14-15-16-26(35)41-23-18-19-24(30(38)32-21-23)33-31(39)29(40-4)28(37)27(36)25(34)20-17-22(2)3/h17,20,22-25,27-29,34,36-37H,5-16,18-19,21H2,1-4H3,(H,32,38)(H,33,39)/t23-,24-,25?,27?,28?,29+/m0/s1. The van der Waals surface area contributed by atoms with Crippen LogP contribution in [0.2, 0.25) is 0 Å². The van der Waals surface area contributed by atoms with Gasteiger partial charge in [0.25, 0.3) is 5.91 Å². The zero-order valence-electron chi connectivity index (χ0n) is 25.7. The molecule has 2 amide bonds. The minimum Gasteiger partial charge on any atom is -0.460 e. The molecule has 1 aliphatic rings. The van der Waals surface area contributed by atoms with Crippen LogP contribution in [0.3, 0.4) is 0 Å². The van der Waals surface area contributed by atoms with Crippen molar-refractivity contribution in [1.29, 1.82) is 0 Å². The fraction of sp³-hybridized carbons (Fsp3) is 0.839. The number of aliphatic hydroxyl groups is 3. The molecule has 1 fully saturated rings. The number of aliphatic hydroxyl groups excluding tert-OH is 3. The van der Waals surface area contributed by atoms with Crippen LogP contribution in [0.1, 0.15) is 111 Å². The number of carbonyl (C=O) groups is 3. The van der Waals surface area contributed by atoms with Gasteiger partial charge in [-0.3, -0.25) is 14.4 Å². The highest BCUT2D eigenvalue weighted by molar-refractivity contribution is 5.89. The van der Waals surface area contributed by atoms with Crippen molar-refractivity contribution in [2.75, 3.05) is 13.7 Å². The van der Waals surface area contributed by atoms with Crippen LogP contribution in [0.5, 0.6) is 0 Å². The molecule has 1 aliphatic heterocycles. The first-order valence-electron chi connectivity index (χ1n) is 15.6. The van der Waals surface area contributed by atoms with E-state index < -0.39 is 48.4 Å². The molecule has 5 N–H and O–H groups in total. The number of esters is 1. The van der Waals surface area contributed by atoms with E-state index in [-0.39, 0.29) is 24.9 Å². The van der Waals surface area contributed by atoms with Crippen LogP contribution in [0.4, 0.5) is 0 Å². The number of ether oxygens (including phenoxy) is 2. The molecule has 41 heavy (non-hydrogen) atoms. The van der Waals surface area contributed by atoms with Crippen LogP contribution < -0.4 is 10.6 Å². The molecule has 6 atom stereocenters. The van der Waals surface area contributed by atoms with Gasteiger partial charge in [-0.05, 0) is 25.2 Å². The Bertz CT molecular complexity index is 775. The quantitative estimate of drug-likeness (QED) is 0.0782. The van der Waals surface area contributed by atoms with E-state index in [0.29, 0.717) is 12.8 Å². The third kappa shape index (κ3) is 15.7. The Morgan fingerprint density at radius 2 is 1.51 bits per heavy atom. The van der Waals surface area contributed by atoms with Crippen molar-refractivity contribution >= 4 is 17.8 Å². The second-order valence-corrected chi connectivity index (χ2v) is 11.5. The smallest absolute Gasteiger partial charge is 0.306 e. The number of methoxy groups -OCH3 is 1. The summed E-state index contributed by atoms with van der Waals surface area (Å²) in [6.07, 6.45) is 10.3. The molecule has 1 rings (SSSR count). The van der Waals surface area contributed by atoms with E-state index in [9.17, 15) is 29.7 Å². The molecule has 238 valence electrons. The Balaban J connectivity index is 2.39. The SMILES string of the molecule is CCCCCCCCCCCCCC(=O)O[C@H]1CC[C@H](NC(=O)[C@H](OC)C(O)C(O)C(O)C=CC(C)C)C(=O)NC1. The Hall–Kier alpha value is -2.01. The van der Waals surface area contributed by atoms with Crippen LogP contribution >= 0.6 is 0 Å². The molecule has 10 heteroatoms. The first-order chi connectivity index (χ1) is 19.6. The maximum absolute atomic E-state index is 12.8. The second kappa shape index (κ2) is 21.7. The van der Waals surface area contributed by atoms with Crippen LogP contribution in [0, 0.1) is 5.92 Å². The Morgan fingerprint density at radius 3 is 2.07 bits per heavy atom. The summed E-state index contributed by atoms with van der Waals surface area (Å²) in [6, 6.07) is -0.925. The normalized spacial score (nSPS) is 20.7. The van der Waals surface area contributed by atoms with Crippen molar-refractivity contribution in [3.05, 3.63) is 12.2 Å². The third-order valence-electron chi connectivity index (χ3n) is 7.41. The number of allylic oxidation sites excluding steroid dienone is 1. The van der Waals surface area contributed by atoms with Gasteiger partial charge in [-0.2, -0.15) is 0 Å². The van der Waals surface area contributed by atoms with E-state index in [1.54, 1.807) is 6.08 Å². The lowest BCUT2D eigenvalue weighted by molar-refractivity contribution is -0.151. The molecular weight excluding hydrogens is 528 g/mol. The lowest BCUT2D eigenvalue weighted by Crippen LogP contribution is -2.55. The van der Waals surface area contributed by atoms with Crippen LogP contribution in [0.25, 0.3) is 0 Å². The Labute approximate surface area is 246 Å². The zero-order chi connectivity index (χ0) is 30.6. The van der Waals surface area contributed by atoms with Gasteiger partial charge >= 0.3 is 5.97 Å². The maximum Gasteiger partial charge on any atom is 0.306 e. The highest BCUT2D eigenvalue weighted by atomic mass is 16.5. The molecule has 0 spiro atoms. The van der Waals surface area contributed by atoms with E-state index in [4.69, 9.17) is 9.47 Å². The molecule has 0 saturated carbocycles. The average molecular weight is 585 g/mol. The van der Waals surface area contributed by atoms with E-state index in [1.165, 1.54) is 64.6 Å². The fourth-order valence-corrected chi connectivity index (χ4v) is 4.83. The van der Waals surface area contributed by atoms with Crippen molar-refractivity contribution < 1.29 is 39.2 Å². The summed E-state index contributed by atoms with van der Waals surface area (Å²) in [6.45, 7) is 6.16. The zero-order valence-corrected chi connectivity index (χ0v) is 25.7. The predicted molar refractivity (Wildman–Crippen MR) is 158 cm³/mol. The molecule has 1 saturated heterocycles. The van der Waals surface area contributed by atoms with Crippen LogP contribution in [-0.4, -0.2) is 83.3 Å². The molecule has 0 bridgehead atoms. The predicted octanol–water partition coefficient (Wildman–Crippen LogP) is 3.30. The monoisotopic (exact) mass is 584 g/mol. The Morgan fingerprint density at radius 1 is 0.927 bits per heavy atom. The van der Waals surface area contributed by atoms with Gasteiger partial charge in [0.05, 0.1) is 6.54 Å². The first-order valence-corrected chi connectivity index (χ1v) is 15.6. The van der Waals surface area contributed by atoms with E-state index in [0.717, 1.165) is 19.3 Å². The van der Waals surface area contributed by atoms with Crippen molar-refractivity contribution in [3.8, 4) is 0 Å². The largest absolute Gasteiger partial charge is 0.460 e. The van der Waals surface area contributed by atoms with Gasteiger partial charge in [-0.1, -0.05) is 97.1 Å². The molecule has 10 nitrogen and oxygen atoms in total. The van der Waals surface area contributed by atoms with Gasteiger partial charge in [0.2, 0.25) is 5.91 Å². The molecule has 0 radical (unpaired) electrons. The molecule has 1 heterocycles. The molecule has 0 aromatic carbocycles. The molecule has 0 aromatic rings. The molecule has 0 aliphatic carbocycles. The van der Waals surface area contributed by atoms with Crippen LogP contribution in [-0.2, 0) is 23.9 Å². The van der Waals surface area contributed by atoms with Crippen molar-refractivity contribution in [2.45, 2.75) is 147 Å². The van der Waals surface area contributed by atoms with Crippen molar-refractivity contribution in [1.82, 2.24) is 10.6 Å². The van der Waals surface area contributed by atoms with Gasteiger partial charge < -0.3 is 35.4 Å². The molecule has 0 aromatic heterocycles. The molecular formula is C31H56N2O8. The van der Waals surface area contributed by atoms with Crippen molar-refractivity contribution in [2.24, 2.45) is 5.92 Å². The van der Waals surface area contributed by atoms with E-state index >= 15 is 0 Å². The summed E-state index contributed by atoms with van der Waals surface area (Å²) in [5.74, 6) is -1.40. The number of nitrogens with one attached hydrogen (secondary N) is 2. The highest BCUT2D eigenvalue weighted by Gasteiger charge is 2.37. The maximum atomic E-state index is 12.8.